The van der Waals surface area contributed by atoms with Crippen LogP contribution in [0, 0.1) is 5.92 Å². The predicted molar refractivity (Wildman–Crippen MR) is 88.7 cm³/mol. The largest absolute Gasteiger partial charge is 0.356 e. The Morgan fingerprint density at radius 2 is 2.13 bits per heavy atom. The maximum absolute atomic E-state index is 12.0. The monoisotopic (exact) mass is 335 g/mol. The van der Waals surface area contributed by atoms with Gasteiger partial charge in [0, 0.05) is 25.3 Å². The maximum atomic E-state index is 12.0. The van der Waals surface area contributed by atoms with Gasteiger partial charge >= 0.3 is 0 Å². The Morgan fingerprint density at radius 1 is 1.35 bits per heavy atom. The summed E-state index contributed by atoms with van der Waals surface area (Å²) in [6.45, 7) is 0. The molecule has 2 heterocycles. The van der Waals surface area contributed by atoms with Crippen molar-refractivity contribution in [3.05, 3.63) is 18.6 Å². The Labute approximate surface area is 135 Å². The standard InChI is InChI=1S/C15H21N5O2S/c1-20(15-13-4-5-16-14(13)17-9-18-15)12-6-10(7-12)8-23(21,22)19-11-2-3-11/h4-5,9-12,19H,2-3,6-8H2,1H3,(H,16,17,18). The lowest BCUT2D eigenvalue weighted by Crippen LogP contribution is -2.46. The van der Waals surface area contributed by atoms with Crippen LogP contribution in [-0.2, 0) is 10.0 Å². The first-order valence-electron chi connectivity index (χ1n) is 8.03. The summed E-state index contributed by atoms with van der Waals surface area (Å²) in [5.74, 6) is 1.39. The van der Waals surface area contributed by atoms with E-state index < -0.39 is 10.0 Å². The second-order valence-corrected chi connectivity index (χ2v) is 8.51. The third-order valence-electron chi connectivity index (χ3n) is 4.80. The van der Waals surface area contributed by atoms with Gasteiger partial charge in [-0.25, -0.2) is 23.1 Å². The first-order valence-corrected chi connectivity index (χ1v) is 9.68. The summed E-state index contributed by atoms with van der Waals surface area (Å²) in [6.07, 6.45) is 7.16. The molecule has 23 heavy (non-hydrogen) atoms. The van der Waals surface area contributed by atoms with Crippen molar-refractivity contribution in [2.24, 2.45) is 5.92 Å². The van der Waals surface area contributed by atoms with E-state index in [2.05, 4.69) is 24.6 Å². The third kappa shape index (κ3) is 3.05. The van der Waals surface area contributed by atoms with Crippen LogP contribution in [-0.4, -0.2) is 48.3 Å². The summed E-state index contributed by atoms with van der Waals surface area (Å²) in [5.41, 5.74) is 0.828. The second-order valence-electron chi connectivity index (χ2n) is 6.71. The highest BCUT2D eigenvalue weighted by atomic mass is 32.2. The number of fused-ring (bicyclic) bond motifs is 1. The van der Waals surface area contributed by atoms with Crippen LogP contribution in [0.3, 0.4) is 0 Å². The fourth-order valence-corrected chi connectivity index (χ4v) is 5.01. The Balaban J connectivity index is 1.38. The molecule has 124 valence electrons. The number of anilines is 1. The summed E-state index contributed by atoms with van der Waals surface area (Å²) < 4.78 is 26.8. The van der Waals surface area contributed by atoms with E-state index in [0.717, 1.165) is 42.5 Å². The number of nitrogens with zero attached hydrogens (tertiary/aromatic N) is 3. The van der Waals surface area contributed by atoms with Crippen molar-refractivity contribution >= 4 is 26.9 Å². The highest BCUT2D eigenvalue weighted by molar-refractivity contribution is 7.89. The average molecular weight is 335 g/mol. The van der Waals surface area contributed by atoms with Gasteiger partial charge < -0.3 is 9.88 Å². The zero-order chi connectivity index (χ0) is 16.0. The van der Waals surface area contributed by atoms with Gasteiger partial charge in [0.2, 0.25) is 10.0 Å². The van der Waals surface area contributed by atoms with Crippen LogP contribution in [0.1, 0.15) is 25.7 Å². The van der Waals surface area contributed by atoms with E-state index in [-0.39, 0.29) is 17.7 Å². The van der Waals surface area contributed by atoms with Crippen molar-refractivity contribution in [1.82, 2.24) is 19.7 Å². The smallest absolute Gasteiger partial charge is 0.212 e. The molecule has 0 spiro atoms. The number of H-pyrrole nitrogens is 1. The fraction of sp³-hybridized carbons (Fsp3) is 0.600. The minimum absolute atomic E-state index is 0.196. The average Bonchev–Trinajstić information content (AvgIpc) is 3.13. The Kier molecular flexibility index (Phi) is 3.53. The summed E-state index contributed by atoms with van der Waals surface area (Å²) in [4.78, 5) is 13.8. The molecule has 7 nitrogen and oxygen atoms in total. The number of aromatic amines is 1. The topological polar surface area (TPSA) is 91.0 Å². The molecule has 0 aliphatic heterocycles. The fourth-order valence-electron chi connectivity index (χ4n) is 3.28. The highest BCUT2D eigenvalue weighted by Gasteiger charge is 2.37. The zero-order valence-corrected chi connectivity index (χ0v) is 13.9. The lowest BCUT2D eigenvalue weighted by molar-refractivity contribution is 0.281. The number of nitrogens with one attached hydrogen (secondary N) is 2. The van der Waals surface area contributed by atoms with Gasteiger partial charge in [-0.1, -0.05) is 0 Å². The van der Waals surface area contributed by atoms with E-state index >= 15 is 0 Å². The number of hydrogen-bond donors (Lipinski definition) is 2. The quantitative estimate of drug-likeness (QED) is 0.829. The molecule has 2 aromatic heterocycles. The predicted octanol–water partition coefficient (Wildman–Crippen LogP) is 1.25. The summed E-state index contributed by atoms with van der Waals surface area (Å²) in [5, 5.41) is 1.00. The van der Waals surface area contributed by atoms with Gasteiger partial charge in [-0.05, 0) is 37.7 Å². The zero-order valence-electron chi connectivity index (χ0n) is 13.1. The van der Waals surface area contributed by atoms with Gasteiger partial charge in [0.1, 0.15) is 17.8 Å². The molecule has 0 radical (unpaired) electrons. The molecule has 0 bridgehead atoms. The van der Waals surface area contributed by atoms with Crippen molar-refractivity contribution in [2.45, 2.75) is 37.8 Å². The molecular formula is C15H21N5O2S. The van der Waals surface area contributed by atoms with Crippen LogP contribution < -0.4 is 9.62 Å². The highest BCUT2D eigenvalue weighted by Crippen LogP contribution is 2.36. The van der Waals surface area contributed by atoms with Gasteiger partial charge in [0.05, 0.1) is 11.1 Å². The minimum Gasteiger partial charge on any atom is -0.356 e. The molecule has 4 rings (SSSR count). The SMILES string of the molecule is CN(c1ncnc2[nH]ccc12)C1CC(CS(=O)(=O)NC2CC2)C1. The molecular weight excluding hydrogens is 314 g/mol. The number of sulfonamides is 1. The molecule has 0 amide bonds. The molecule has 8 heteroatoms. The van der Waals surface area contributed by atoms with Gasteiger partial charge in [0.25, 0.3) is 0 Å². The van der Waals surface area contributed by atoms with Crippen molar-refractivity contribution in [1.29, 1.82) is 0 Å². The summed E-state index contributed by atoms with van der Waals surface area (Å²) in [6, 6.07) is 2.51. The lowest BCUT2D eigenvalue weighted by atomic mass is 9.81. The lowest BCUT2D eigenvalue weighted by Gasteiger charge is -2.41. The molecule has 2 fully saturated rings. The molecule has 0 atom stereocenters. The summed E-state index contributed by atoms with van der Waals surface area (Å²) >= 11 is 0. The normalized spacial score (nSPS) is 24.6. The number of rotatable bonds is 6. The first kappa shape index (κ1) is 14.9. The molecule has 2 aliphatic carbocycles. The van der Waals surface area contributed by atoms with Crippen LogP contribution in [0.2, 0.25) is 0 Å². The van der Waals surface area contributed by atoms with E-state index in [1.54, 1.807) is 6.33 Å². The Hall–Kier alpha value is -1.67. The molecule has 0 saturated heterocycles. The van der Waals surface area contributed by atoms with E-state index in [4.69, 9.17) is 0 Å². The van der Waals surface area contributed by atoms with Crippen LogP contribution >= 0.6 is 0 Å². The van der Waals surface area contributed by atoms with Crippen LogP contribution in [0.15, 0.2) is 18.6 Å². The third-order valence-corrected chi connectivity index (χ3v) is 6.41. The van der Waals surface area contributed by atoms with Crippen molar-refractivity contribution in [3.8, 4) is 0 Å². The summed E-state index contributed by atoms with van der Waals surface area (Å²) in [7, 11) is -1.10. The van der Waals surface area contributed by atoms with E-state index in [0.29, 0.717) is 6.04 Å². The maximum Gasteiger partial charge on any atom is 0.212 e. The van der Waals surface area contributed by atoms with E-state index in [9.17, 15) is 8.42 Å². The van der Waals surface area contributed by atoms with Crippen molar-refractivity contribution < 1.29 is 8.42 Å². The van der Waals surface area contributed by atoms with Gasteiger partial charge in [-0.15, -0.1) is 0 Å². The second kappa shape index (κ2) is 5.45. The van der Waals surface area contributed by atoms with E-state index in [1.807, 2.05) is 19.3 Å². The molecule has 2 N–H and O–H groups in total. The molecule has 2 saturated carbocycles. The van der Waals surface area contributed by atoms with Gasteiger partial charge in [-0.3, -0.25) is 0 Å². The molecule has 2 aliphatic rings. The van der Waals surface area contributed by atoms with Gasteiger partial charge in [-0.2, -0.15) is 0 Å². The van der Waals surface area contributed by atoms with E-state index in [1.165, 1.54) is 0 Å². The van der Waals surface area contributed by atoms with Crippen LogP contribution in [0.4, 0.5) is 5.82 Å². The van der Waals surface area contributed by atoms with Crippen molar-refractivity contribution in [3.63, 3.8) is 0 Å². The van der Waals surface area contributed by atoms with Crippen LogP contribution in [0.25, 0.3) is 11.0 Å². The van der Waals surface area contributed by atoms with Crippen molar-refractivity contribution in [2.75, 3.05) is 17.7 Å². The number of hydrogen-bond acceptors (Lipinski definition) is 5. The first-order chi connectivity index (χ1) is 11.0. The van der Waals surface area contributed by atoms with Crippen LogP contribution in [0.5, 0.6) is 0 Å². The minimum atomic E-state index is -3.12. The molecule has 0 unspecified atom stereocenters. The number of aromatic nitrogens is 3. The Morgan fingerprint density at radius 3 is 2.87 bits per heavy atom. The van der Waals surface area contributed by atoms with Gasteiger partial charge in [0.15, 0.2) is 0 Å². The Bertz CT molecular complexity index is 808. The molecule has 2 aromatic rings. The molecule has 0 aromatic carbocycles.